The van der Waals surface area contributed by atoms with Crippen LogP contribution in [0.3, 0.4) is 0 Å². The number of hydrogen-bond acceptors (Lipinski definition) is 4. The lowest BCUT2D eigenvalue weighted by atomic mass is 10.3. The molecule has 0 aliphatic heterocycles. The Morgan fingerprint density at radius 3 is 2.78 bits per heavy atom. The van der Waals surface area contributed by atoms with Gasteiger partial charge in [0.05, 0.1) is 11.9 Å². The van der Waals surface area contributed by atoms with Crippen molar-refractivity contribution in [3.05, 3.63) is 39.0 Å². The highest BCUT2D eigenvalue weighted by Gasteiger charge is 2.06. The van der Waals surface area contributed by atoms with Gasteiger partial charge in [-0.05, 0) is 22.0 Å². The van der Waals surface area contributed by atoms with Crippen LogP contribution in [0.4, 0.5) is 5.69 Å². The molecule has 2 heterocycles. The summed E-state index contributed by atoms with van der Waals surface area (Å²) in [5, 5.41) is 11.2. The lowest BCUT2D eigenvalue weighted by Gasteiger charge is -2.08. The Balaban J connectivity index is 2.01. The lowest BCUT2D eigenvalue weighted by Crippen LogP contribution is -2.21. The smallest absolute Gasteiger partial charge is 0.282 e. The molecule has 0 radical (unpaired) electrons. The summed E-state index contributed by atoms with van der Waals surface area (Å²) in [5.74, 6) is 0. The van der Waals surface area contributed by atoms with Crippen LogP contribution in [0.5, 0.6) is 0 Å². The number of nitrogens with zero attached hydrogens (tertiary/aromatic N) is 4. The molecule has 2 aromatic rings. The topological polar surface area (TPSA) is 64.7 Å². The van der Waals surface area contributed by atoms with Crippen molar-refractivity contribution in [3.63, 3.8) is 0 Å². The van der Waals surface area contributed by atoms with Gasteiger partial charge in [0.15, 0.2) is 0 Å². The average molecular weight is 312 g/mol. The molecule has 18 heavy (non-hydrogen) atoms. The van der Waals surface area contributed by atoms with Gasteiger partial charge in [-0.3, -0.25) is 9.48 Å². The molecular formula is C11H14BrN5O. The van der Waals surface area contributed by atoms with Gasteiger partial charge in [-0.1, -0.05) is 0 Å². The summed E-state index contributed by atoms with van der Waals surface area (Å²) < 4.78 is 3.63. The second kappa shape index (κ2) is 5.34. The van der Waals surface area contributed by atoms with Crippen LogP contribution in [0, 0.1) is 0 Å². The predicted octanol–water partition coefficient (Wildman–Crippen LogP) is 0.931. The van der Waals surface area contributed by atoms with Gasteiger partial charge in [-0.25, -0.2) is 4.68 Å². The molecule has 2 aromatic heterocycles. The summed E-state index contributed by atoms with van der Waals surface area (Å²) in [6.07, 6.45) is 4.23. The van der Waals surface area contributed by atoms with Crippen molar-refractivity contribution >= 4 is 21.6 Å². The predicted molar refractivity (Wildman–Crippen MR) is 72.6 cm³/mol. The van der Waals surface area contributed by atoms with E-state index in [1.54, 1.807) is 19.4 Å². The van der Waals surface area contributed by atoms with E-state index in [2.05, 4.69) is 31.4 Å². The van der Waals surface area contributed by atoms with Gasteiger partial charge >= 0.3 is 0 Å². The first-order valence-electron chi connectivity index (χ1n) is 5.52. The molecule has 0 saturated heterocycles. The summed E-state index contributed by atoms with van der Waals surface area (Å²) in [5.41, 5.74) is 1.69. The third kappa shape index (κ3) is 2.61. The summed E-state index contributed by atoms with van der Waals surface area (Å²) >= 11 is 3.27. The first-order valence-corrected chi connectivity index (χ1v) is 6.31. The molecule has 0 aliphatic rings. The van der Waals surface area contributed by atoms with E-state index >= 15 is 0 Å². The maximum Gasteiger partial charge on any atom is 0.282 e. The third-order valence-electron chi connectivity index (χ3n) is 2.70. The molecule has 0 saturated carbocycles. The molecular weight excluding hydrogens is 298 g/mol. The van der Waals surface area contributed by atoms with Crippen LogP contribution in [-0.4, -0.2) is 26.1 Å². The normalized spacial score (nSPS) is 10.6. The largest absolute Gasteiger partial charge is 0.382 e. The number of aromatic nitrogens is 4. The van der Waals surface area contributed by atoms with Crippen LogP contribution in [0.2, 0.25) is 0 Å². The van der Waals surface area contributed by atoms with Gasteiger partial charge in [0, 0.05) is 39.0 Å². The molecule has 0 fully saturated rings. The zero-order chi connectivity index (χ0) is 13.1. The minimum atomic E-state index is -0.152. The van der Waals surface area contributed by atoms with Crippen molar-refractivity contribution in [2.45, 2.75) is 6.42 Å². The first-order chi connectivity index (χ1) is 8.59. The van der Waals surface area contributed by atoms with Gasteiger partial charge < -0.3 is 5.32 Å². The Hall–Kier alpha value is -1.63. The van der Waals surface area contributed by atoms with Crippen LogP contribution >= 0.6 is 15.9 Å². The lowest BCUT2D eigenvalue weighted by molar-refractivity contribution is 0.699. The zero-order valence-corrected chi connectivity index (χ0v) is 11.8. The van der Waals surface area contributed by atoms with E-state index in [1.165, 1.54) is 4.68 Å². The van der Waals surface area contributed by atoms with Gasteiger partial charge in [-0.2, -0.15) is 10.2 Å². The summed E-state index contributed by atoms with van der Waals surface area (Å²) in [7, 11) is 3.53. The molecule has 0 aliphatic carbocycles. The number of anilines is 1. The van der Waals surface area contributed by atoms with Gasteiger partial charge in [0.1, 0.15) is 4.47 Å². The molecule has 96 valence electrons. The highest BCUT2D eigenvalue weighted by Crippen LogP contribution is 2.15. The highest BCUT2D eigenvalue weighted by molar-refractivity contribution is 9.10. The van der Waals surface area contributed by atoms with Crippen molar-refractivity contribution in [1.29, 1.82) is 0 Å². The van der Waals surface area contributed by atoms with E-state index in [1.807, 2.05) is 17.8 Å². The maximum atomic E-state index is 11.6. The van der Waals surface area contributed by atoms with Crippen LogP contribution in [0.15, 0.2) is 27.7 Å². The Kier molecular flexibility index (Phi) is 3.81. The number of rotatable bonds is 4. The second-order valence-corrected chi connectivity index (χ2v) is 4.72. The summed E-state index contributed by atoms with van der Waals surface area (Å²) in [6, 6.07) is 1.97. The summed E-state index contributed by atoms with van der Waals surface area (Å²) in [4.78, 5) is 11.6. The summed E-state index contributed by atoms with van der Waals surface area (Å²) in [6.45, 7) is 0.715. The molecule has 2 rings (SSSR count). The van der Waals surface area contributed by atoms with Crippen molar-refractivity contribution < 1.29 is 0 Å². The minimum absolute atomic E-state index is 0.152. The number of halogens is 1. The molecule has 0 amide bonds. The van der Waals surface area contributed by atoms with Gasteiger partial charge in [-0.15, -0.1) is 0 Å². The van der Waals surface area contributed by atoms with E-state index in [0.29, 0.717) is 16.7 Å². The van der Waals surface area contributed by atoms with Crippen LogP contribution < -0.4 is 10.9 Å². The number of hydrogen-bond donors (Lipinski definition) is 1. The fourth-order valence-corrected chi connectivity index (χ4v) is 2.10. The van der Waals surface area contributed by atoms with E-state index in [-0.39, 0.29) is 5.56 Å². The second-order valence-electron chi connectivity index (χ2n) is 3.92. The van der Waals surface area contributed by atoms with Crippen molar-refractivity contribution in [1.82, 2.24) is 19.6 Å². The Labute approximate surface area is 113 Å². The Morgan fingerprint density at radius 2 is 2.11 bits per heavy atom. The van der Waals surface area contributed by atoms with Gasteiger partial charge in [0.25, 0.3) is 5.56 Å². The van der Waals surface area contributed by atoms with Gasteiger partial charge in [0.2, 0.25) is 0 Å². The Morgan fingerprint density at radius 1 is 1.33 bits per heavy atom. The third-order valence-corrected chi connectivity index (χ3v) is 3.46. The standard InChI is InChI=1S/C11H14BrN5O/c1-16-8(4-6-14-16)3-5-13-9-7-15-17(2)11(18)10(9)12/h4,6-7,13H,3,5H2,1-2H3. The van der Waals surface area contributed by atoms with E-state index in [4.69, 9.17) is 0 Å². The molecule has 0 spiro atoms. The average Bonchev–Trinajstić information content (AvgIpc) is 2.75. The first kappa shape index (κ1) is 12.8. The van der Waals surface area contributed by atoms with Crippen molar-refractivity contribution in [2.24, 2.45) is 14.1 Å². The molecule has 7 heteroatoms. The van der Waals surface area contributed by atoms with Crippen LogP contribution in [0.1, 0.15) is 5.69 Å². The zero-order valence-electron chi connectivity index (χ0n) is 10.2. The van der Waals surface area contributed by atoms with Crippen molar-refractivity contribution in [3.8, 4) is 0 Å². The van der Waals surface area contributed by atoms with E-state index in [9.17, 15) is 4.79 Å². The molecule has 0 unspecified atom stereocenters. The number of aryl methyl sites for hydroxylation is 2. The van der Waals surface area contributed by atoms with Crippen LogP contribution in [-0.2, 0) is 20.5 Å². The molecule has 1 N–H and O–H groups in total. The molecule has 0 bridgehead atoms. The fraction of sp³-hybridized carbons (Fsp3) is 0.364. The maximum absolute atomic E-state index is 11.6. The minimum Gasteiger partial charge on any atom is -0.382 e. The quantitative estimate of drug-likeness (QED) is 0.912. The number of nitrogens with one attached hydrogen (secondary N) is 1. The van der Waals surface area contributed by atoms with E-state index < -0.39 is 0 Å². The van der Waals surface area contributed by atoms with Crippen molar-refractivity contribution in [2.75, 3.05) is 11.9 Å². The highest BCUT2D eigenvalue weighted by atomic mass is 79.9. The van der Waals surface area contributed by atoms with Crippen LogP contribution in [0.25, 0.3) is 0 Å². The molecule has 0 aromatic carbocycles. The molecule has 6 nitrogen and oxygen atoms in total. The Bertz CT molecular complexity index is 604. The van der Waals surface area contributed by atoms with E-state index in [0.717, 1.165) is 12.1 Å². The SMILES string of the molecule is Cn1nccc1CCNc1cnn(C)c(=O)c1Br. The fourth-order valence-electron chi connectivity index (χ4n) is 1.61. The molecule has 0 atom stereocenters. The monoisotopic (exact) mass is 311 g/mol.